The second-order valence-electron chi connectivity index (χ2n) is 8.77. The number of rotatable bonds is 12. The van der Waals surface area contributed by atoms with Crippen LogP contribution in [0.3, 0.4) is 0 Å². The van der Waals surface area contributed by atoms with Gasteiger partial charge in [0, 0.05) is 0 Å². The maximum atomic E-state index is 1.54. The molecule has 0 aromatic rings. The van der Waals surface area contributed by atoms with Gasteiger partial charge in [0.1, 0.15) is 0 Å². The smallest absolute Gasteiger partial charge is 0.0414 e. The minimum Gasteiger partial charge on any atom is -0.0533 e. The minimum absolute atomic E-state index is 1.10. The summed E-state index contributed by atoms with van der Waals surface area (Å²) in [5, 5.41) is 0. The second kappa shape index (κ2) is 13.3. The highest BCUT2D eigenvalue weighted by Crippen LogP contribution is 2.29. The van der Waals surface area contributed by atoms with E-state index in [0.29, 0.717) is 0 Å². The monoisotopic (exact) mass is 320 g/mol. The molecule has 0 nitrogen and oxygen atoms in total. The fraction of sp³-hybridized carbons (Fsp3) is 1.00. The van der Waals surface area contributed by atoms with Gasteiger partial charge in [0.2, 0.25) is 0 Å². The molecule has 0 aromatic carbocycles. The predicted octanol–water partition coefficient (Wildman–Crippen LogP) is 8.44. The summed E-state index contributed by atoms with van der Waals surface area (Å²) < 4.78 is 0. The third kappa shape index (κ3) is 9.78. The highest BCUT2D eigenvalue weighted by molar-refractivity contribution is 4.66. The molecule has 0 N–H and O–H groups in total. The zero-order valence-electron chi connectivity index (χ0n) is 16.0. The van der Waals surface area contributed by atoms with Gasteiger partial charge in [-0.05, 0) is 11.8 Å². The average molecular weight is 321 g/mol. The minimum atomic E-state index is 1.10. The van der Waals surface area contributed by atoms with Crippen LogP contribution in [0.5, 0.6) is 0 Å². The van der Waals surface area contributed by atoms with Crippen molar-refractivity contribution >= 4 is 0 Å². The van der Waals surface area contributed by atoms with Gasteiger partial charge in [-0.3, -0.25) is 0 Å². The Hall–Kier alpha value is 0. The molecule has 0 heterocycles. The van der Waals surface area contributed by atoms with E-state index in [-0.39, 0.29) is 0 Å². The summed E-state index contributed by atoms with van der Waals surface area (Å²) in [6.45, 7) is 0. The van der Waals surface area contributed by atoms with Crippen molar-refractivity contribution in [3.05, 3.63) is 0 Å². The first-order chi connectivity index (χ1) is 11.4. The molecule has 0 bridgehead atoms. The molecule has 136 valence electrons. The van der Waals surface area contributed by atoms with Crippen LogP contribution in [0.2, 0.25) is 0 Å². The van der Waals surface area contributed by atoms with Crippen molar-refractivity contribution in [3.63, 3.8) is 0 Å². The van der Waals surface area contributed by atoms with Crippen LogP contribution in [0.4, 0.5) is 0 Å². The van der Waals surface area contributed by atoms with E-state index in [9.17, 15) is 0 Å². The molecule has 2 rings (SSSR count). The first kappa shape index (κ1) is 19.3. The Kier molecular flexibility index (Phi) is 11.2. The third-order valence-corrected chi connectivity index (χ3v) is 6.67. The van der Waals surface area contributed by atoms with Gasteiger partial charge in [-0.2, -0.15) is 0 Å². The fourth-order valence-corrected chi connectivity index (χ4v) is 5.06. The third-order valence-electron chi connectivity index (χ3n) is 6.67. The van der Waals surface area contributed by atoms with Crippen molar-refractivity contribution in [2.24, 2.45) is 11.8 Å². The maximum absolute atomic E-state index is 1.54. The van der Waals surface area contributed by atoms with Crippen LogP contribution in [0.1, 0.15) is 135 Å². The Morgan fingerprint density at radius 2 is 0.652 bits per heavy atom. The summed E-state index contributed by atoms with van der Waals surface area (Å²) >= 11 is 0. The van der Waals surface area contributed by atoms with Gasteiger partial charge in [0.05, 0.1) is 0 Å². The molecule has 0 radical (unpaired) electrons. The van der Waals surface area contributed by atoms with Crippen molar-refractivity contribution in [1.82, 2.24) is 0 Å². The molecule has 0 spiro atoms. The van der Waals surface area contributed by atoms with Crippen LogP contribution in [0.25, 0.3) is 0 Å². The summed E-state index contributed by atoms with van der Waals surface area (Å²) in [7, 11) is 0. The molecule has 23 heavy (non-hydrogen) atoms. The molecule has 0 amide bonds. The zero-order valence-corrected chi connectivity index (χ0v) is 16.0. The Morgan fingerprint density at radius 3 is 1.00 bits per heavy atom. The lowest BCUT2D eigenvalue weighted by molar-refractivity contribution is 0.326. The normalized spacial score (nSPS) is 20.9. The van der Waals surface area contributed by atoms with E-state index in [0.717, 1.165) is 11.8 Å². The van der Waals surface area contributed by atoms with Gasteiger partial charge in [0.25, 0.3) is 0 Å². The molecule has 0 atom stereocenters. The van der Waals surface area contributed by atoms with Crippen LogP contribution in [-0.4, -0.2) is 0 Å². The summed E-state index contributed by atoms with van der Waals surface area (Å²) in [6.07, 6.45) is 32.0. The molecule has 2 fully saturated rings. The van der Waals surface area contributed by atoms with Gasteiger partial charge in [-0.15, -0.1) is 0 Å². The first-order valence-electron chi connectivity index (χ1n) is 11.4. The molecular weight excluding hydrogens is 276 g/mol. The number of unbranched alkanes of at least 4 members (excludes halogenated alkanes) is 8. The van der Waals surface area contributed by atoms with Crippen LogP contribution in [0.15, 0.2) is 0 Å². The van der Waals surface area contributed by atoms with E-state index in [2.05, 4.69) is 0 Å². The van der Waals surface area contributed by atoms with E-state index >= 15 is 0 Å². The molecule has 0 heteroatoms. The van der Waals surface area contributed by atoms with E-state index < -0.39 is 0 Å². The Bertz CT molecular complexity index is 219. The van der Waals surface area contributed by atoms with Gasteiger partial charge in [-0.25, -0.2) is 0 Å². The van der Waals surface area contributed by atoms with Gasteiger partial charge < -0.3 is 0 Å². The highest BCUT2D eigenvalue weighted by Gasteiger charge is 2.13. The molecule has 0 aliphatic heterocycles. The van der Waals surface area contributed by atoms with E-state index in [4.69, 9.17) is 0 Å². The highest BCUT2D eigenvalue weighted by atomic mass is 14.2. The molecule has 2 aliphatic carbocycles. The summed E-state index contributed by atoms with van der Waals surface area (Å²) in [4.78, 5) is 0. The summed E-state index contributed by atoms with van der Waals surface area (Å²) in [6, 6.07) is 0. The summed E-state index contributed by atoms with van der Waals surface area (Å²) in [5.41, 5.74) is 0. The van der Waals surface area contributed by atoms with Crippen molar-refractivity contribution in [2.45, 2.75) is 135 Å². The zero-order chi connectivity index (χ0) is 16.0. The fourth-order valence-electron chi connectivity index (χ4n) is 5.06. The molecule has 2 aliphatic rings. The topological polar surface area (TPSA) is 0 Å². The SMILES string of the molecule is C(CCCCCC1CCCCC1)CCCCCC1CCCCC1. The Labute approximate surface area is 147 Å². The maximum Gasteiger partial charge on any atom is -0.0414 e. The van der Waals surface area contributed by atoms with Crippen molar-refractivity contribution in [1.29, 1.82) is 0 Å². The second-order valence-corrected chi connectivity index (χ2v) is 8.77. The van der Waals surface area contributed by atoms with Crippen LogP contribution in [0, 0.1) is 11.8 Å². The lowest BCUT2D eigenvalue weighted by Gasteiger charge is -2.21. The lowest BCUT2D eigenvalue weighted by Crippen LogP contribution is -2.05. The van der Waals surface area contributed by atoms with Gasteiger partial charge >= 0.3 is 0 Å². The molecule has 0 saturated heterocycles. The largest absolute Gasteiger partial charge is 0.0533 e. The Morgan fingerprint density at radius 1 is 0.348 bits per heavy atom. The van der Waals surface area contributed by atoms with Gasteiger partial charge in [0.15, 0.2) is 0 Å². The van der Waals surface area contributed by atoms with E-state index in [1.807, 2.05) is 0 Å². The van der Waals surface area contributed by atoms with Crippen LogP contribution >= 0.6 is 0 Å². The standard InChI is InChI=1S/C23H44/c1(2-4-6-10-16-22-18-12-8-13-19-22)3-5-7-11-17-23-20-14-9-15-21-23/h22-23H,1-21H2. The molecule has 2 saturated carbocycles. The quantitative estimate of drug-likeness (QED) is 0.316. The molecule has 0 aromatic heterocycles. The average Bonchev–Trinajstić information content (AvgIpc) is 2.61. The van der Waals surface area contributed by atoms with Crippen molar-refractivity contribution < 1.29 is 0 Å². The van der Waals surface area contributed by atoms with Crippen molar-refractivity contribution in [2.75, 3.05) is 0 Å². The van der Waals surface area contributed by atoms with E-state index in [1.54, 1.807) is 38.5 Å². The Balaban J connectivity index is 1.26. The predicted molar refractivity (Wildman–Crippen MR) is 104 cm³/mol. The number of hydrogen-bond donors (Lipinski definition) is 0. The first-order valence-corrected chi connectivity index (χ1v) is 11.4. The van der Waals surface area contributed by atoms with Crippen LogP contribution in [-0.2, 0) is 0 Å². The summed E-state index contributed by atoms with van der Waals surface area (Å²) in [5.74, 6) is 2.21. The van der Waals surface area contributed by atoms with E-state index in [1.165, 1.54) is 96.3 Å². The molecular formula is C23H44. The van der Waals surface area contributed by atoms with Crippen LogP contribution < -0.4 is 0 Å². The lowest BCUT2D eigenvalue weighted by atomic mass is 9.85. The van der Waals surface area contributed by atoms with Crippen molar-refractivity contribution in [3.8, 4) is 0 Å². The van der Waals surface area contributed by atoms with Gasteiger partial charge in [-0.1, -0.05) is 135 Å². The number of hydrogen-bond acceptors (Lipinski definition) is 0. The molecule has 0 unspecified atom stereocenters.